The van der Waals surface area contributed by atoms with Gasteiger partial charge in [-0.3, -0.25) is 0 Å². The van der Waals surface area contributed by atoms with Crippen molar-refractivity contribution in [3.63, 3.8) is 0 Å². The molecule has 0 fully saturated rings. The van der Waals surface area contributed by atoms with Gasteiger partial charge < -0.3 is 15.4 Å². The molecule has 0 atom stereocenters. The normalized spacial score (nSPS) is 11.1. The van der Waals surface area contributed by atoms with Crippen LogP contribution in [0.5, 0.6) is 5.75 Å². The summed E-state index contributed by atoms with van der Waals surface area (Å²) in [7, 11) is 0. The fraction of sp³-hybridized carbons (Fsp3) is 0.409. The van der Waals surface area contributed by atoms with Crippen LogP contribution >= 0.6 is 0 Å². The number of carbonyl (C=O) groups is 1. The maximum Gasteiger partial charge on any atom is 0.319 e. The average Bonchev–Trinajstić information content (AvgIpc) is 2.57. The van der Waals surface area contributed by atoms with E-state index in [4.69, 9.17) is 4.74 Å². The van der Waals surface area contributed by atoms with Gasteiger partial charge in [0.2, 0.25) is 0 Å². The summed E-state index contributed by atoms with van der Waals surface area (Å²) >= 11 is 0. The van der Waals surface area contributed by atoms with Gasteiger partial charge in [-0.1, -0.05) is 45.0 Å². The molecule has 0 unspecified atom stereocenters. The van der Waals surface area contributed by atoms with Crippen molar-refractivity contribution < 1.29 is 9.53 Å². The van der Waals surface area contributed by atoms with E-state index >= 15 is 0 Å². The number of rotatable bonds is 6. The van der Waals surface area contributed by atoms with Crippen molar-refractivity contribution in [1.29, 1.82) is 0 Å². The summed E-state index contributed by atoms with van der Waals surface area (Å²) < 4.78 is 5.74. The zero-order chi connectivity index (χ0) is 19.2. The fourth-order valence-corrected chi connectivity index (χ4v) is 2.55. The molecule has 0 spiro atoms. The molecule has 4 heteroatoms. The second kappa shape index (κ2) is 8.75. The van der Waals surface area contributed by atoms with Gasteiger partial charge in [0.15, 0.2) is 0 Å². The second-order valence-corrected chi connectivity index (χ2v) is 7.68. The molecule has 2 N–H and O–H groups in total. The Bertz CT molecular complexity index is 731. The third-order valence-electron chi connectivity index (χ3n) is 4.24. The average molecular weight is 354 g/mol. The first-order valence-electron chi connectivity index (χ1n) is 9.11. The van der Waals surface area contributed by atoms with E-state index in [-0.39, 0.29) is 11.4 Å². The zero-order valence-corrected chi connectivity index (χ0v) is 16.5. The van der Waals surface area contributed by atoms with Crippen molar-refractivity contribution in [3.8, 4) is 5.75 Å². The maximum absolute atomic E-state index is 12.0. The van der Waals surface area contributed by atoms with Gasteiger partial charge in [-0.15, -0.1) is 0 Å². The molecule has 4 nitrogen and oxygen atoms in total. The van der Waals surface area contributed by atoms with Crippen molar-refractivity contribution >= 4 is 11.7 Å². The van der Waals surface area contributed by atoms with Gasteiger partial charge in [-0.05, 0) is 60.6 Å². The van der Waals surface area contributed by atoms with Crippen molar-refractivity contribution in [2.75, 3.05) is 18.5 Å². The summed E-state index contributed by atoms with van der Waals surface area (Å²) in [5.74, 6) is 0.859. The minimum Gasteiger partial charge on any atom is -0.494 e. The van der Waals surface area contributed by atoms with E-state index in [9.17, 15) is 4.79 Å². The Balaban J connectivity index is 1.68. The van der Waals surface area contributed by atoms with E-state index in [1.165, 1.54) is 5.56 Å². The number of amides is 2. The van der Waals surface area contributed by atoms with Crippen LogP contribution in [0.1, 0.15) is 43.9 Å². The zero-order valence-electron chi connectivity index (χ0n) is 16.5. The largest absolute Gasteiger partial charge is 0.494 e. The molecule has 26 heavy (non-hydrogen) atoms. The Morgan fingerprint density at radius 3 is 2.38 bits per heavy atom. The van der Waals surface area contributed by atoms with Gasteiger partial charge in [0.25, 0.3) is 0 Å². The molecule has 0 saturated heterocycles. The van der Waals surface area contributed by atoms with Crippen molar-refractivity contribution in [2.24, 2.45) is 0 Å². The Hall–Kier alpha value is -2.49. The standard InChI is InChI=1S/C22H30N2O2/c1-16-7-8-17(2)20(15-16)24-21(25)23-13-6-14-26-19-11-9-18(10-12-19)22(3,4)5/h7-12,15H,6,13-14H2,1-5H3,(H2,23,24,25). The van der Waals surface area contributed by atoms with Crippen LogP contribution in [0, 0.1) is 13.8 Å². The highest BCUT2D eigenvalue weighted by Gasteiger charge is 2.12. The lowest BCUT2D eigenvalue weighted by molar-refractivity contribution is 0.250. The third-order valence-corrected chi connectivity index (χ3v) is 4.24. The quantitative estimate of drug-likeness (QED) is 0.701. The molecule has 2 aromatic rings. The minimum atomic E-state index is -0.187. The smallest absolute Gasteiger partial charge is 0.319 e. The Kier molecular flexibility index (Phi) is 6.67. The highest BCUT2D eigenvalue weighted by molar-refractivity contribution is 5.90. The molecule has 0 aliphatic carbocycles. The van der Waals surface area contributed by atoms with Gasteiger partial charge in [-0.2, -0.15) is 0 Å². The van der Waals surface area contributed by atoms with Crippen LogP contribution in [0.4, 0.5) is 10.5 Å². The number of aryl methyl sites for hydroxylation is 2. The number of urea groups is 1. The summed E-state index contributed by atoms with van der Waals surface area (Å²) in [5.41, 5.74) is 4.45. The SMILES string of the molecule is Cc1ccc(C)c(NC(=O)NCCCOc2ccc(C(C)(C)C)cc2)c1. The van der Waals surface area contributed by atoms with Crippen molar-refractivity contribution in [3.05, 3.63) is 59.2 Å². The summed E-state index contributed by atoms with van der Waals surface area (Å²) in [6.07, 6.45) is 0.751. The first-order valence-corrected chi connectivity index (χ1v) is 9.11. The van der Waals surface area contributed by atoms with E-state index < -0.39 is 0 Å². The molecule has 0 aliphatic rings. The van der Waals surface area contributed by atoms with Crippen LogP contribution in [0.15, 0.2) is 42.5 Å². The Morgan fingerprint density at radius 2 is 1.73 bits per heavy atom. The topological polar surface area (TPSA) is 50.4 Å². The van der Waals surface area contributed by atoms with Crippen molar-refractivity contribution in [1.82, 2.24) is 5.32 Å². The molecule has 0 aromatic heterocycles. The third kappa shape index (κ3) is 6.10. The molecule has 0 saturated carbocycles. The van der Waals surface area contributed by atoms with E-state index in [0.717, 1.165) is 29.0 Å². The summed E-state index contributed by atoms with van der Waals surface area (Å²) in [5, 5.41) is 5.75. The van der Waals surface area contributed by atoms with E-state index in [2.05, 4.69) is 43.5 Å². The predicted molar refractivity (Wildman–Crippen MR) is 108 cm³/mol. The second-order valence-electron chi connectivity index (χ2n) is 7.68. The Morgan fingerprint density at radius 1 is 1.04 bits per heavy atom. The summed E-state index contributed by atoms with van der Waals surface area (Å²) in [6.45, 7) is 11.7. The number of nitrogens with one attached hydrogen (secondary N) is 2. The van der Waals surface area contributed by atoms with E-state index in [0.29, 0.717) is 13.2 Å². The Labute approximate surface area is 157 Å². The van der Waals surface area contributed by atoms with Crippen LogP contribution in [-0.4, -0.2) is 19.2 Å². The van der Waals surface area contributed by atoms with Crippen LogP contribution in [0.2, 0.25) is 0 Å². The number of ether oxygens (including phenoxy) is 1. The number of hydrogen-bond donors (Lipinski definition) is 2. The number of anilines is 1. The van der Waals surface area contributed by atoms with Gasteiger partial charge in [0, 0.05) is 12.2 Å². The molecule has 0 aliphatic heterocycles. The lowest BCUT2D eigenvalue weighted by atomic mass is 9.87. The molecule has 0 bridgehead atoms. The number of benzene rings is 2. The van der Waals surface area contributed by atoms with E-state index in [1.807, 2.05) is 44.2 Å². The monoisotopic (exact) mass is 354 g/mol. The van der Waals surface area contributed by atoms with Crippen LogP contribution in [-0.2, 0) is 5.41 Å². The van der Waals surface area contributed by atoms with Crippen LogP contribution in [0.3, 0.4) is 0 Å². The van der Waals surface area contributed by atoms with Gasteiger partial charge in [0.1, 0.15) is 5.75 Å². The molecule has 0 radical (unpaired) electrons. The first kappa shape index (κ1) is 19.8. The summed E-state index contributed by atoms with van der Waals surface area (Å²) in [6, 6.07) is 14.0. The highest BCUT2D eigenvalue weighted by atomic mass is 16.5. The molecule has 2 amide bonds. The van der Waals surface area contributed by atoms with Gasteiger partial charge in [0.05, 0.1) is 6.61 Å². The van der Waals surface area contributed by atoms with Crippen molar-refractivity contribution in [2.45, 2.75) is 46.5 Å². The fourth-order valence-electron chi connectivity index (χ4n) is 2.55. The molecule has 2 rings (SSSR count). The molecular weight excluding hydrogens is 324 g/mol. The number of hydrogen-bond acceptors (Lipinski definition) is 2. The van der Waals surface area contributed by atoms with E-state index in [1.54, 1.807) is 0 Å². The summed E-state index contributed by atoms with van der Waals surface area (Å²) in [4.78, 5) is 12.0. The lowest BCUT2D eigenvalue weighted by Gasteiger charge is -2.19. The van der Waals surface area contributed by atoms with Gasteiger partial charge in [-0.25, -0.2) is 4.79 Å². The highest BCUT2D eigenvalue weighted by Crippen LogP contribution is 2.24. The predicted octanol–water partition coefficient (Wildman–Crippen LogP) is 5.19. The molecule has 140 valence electrons. The molecule has 2 aromatic carbocycles. The van der Waals surface area contributed by atoms with Crippen LogP contribution in [0.25, 0.3) is 0 Å². The minimum absolute atomic E-state index is 0.144. The lowest BCUT2D eigenvalue weighted by Crippen LogP contribution is -2.30. The number of carbonyl (C=O) groups excluding carboxylic acids is 1. The molecule has 0 heterocycles. The first-order chi connectivity index (χ1) is 12.3. The van der Waals surface area contributed by atoms with Gasteiger partial charge >= 0.3 is 6.03 Å². The maximum atomic E-state index is 12.0. The van der Waals surface area contributed by atoms with Crippen LogP contribution < -0.4 is 15.4 Å². The molecular formula is C22H30N2O2.